The van der Waals surface area contributed by atoms with Crippen molar-refractivity contribution < 1.29 is 4.57 Å². The van der Waals surface area contributed by atoms with E-state index in [0.717, 1.165) is 0 Å². The van der Waals surface area contributed by atoms with Crippen molar-refractivity contribution in [1.82, 2.24) is 0 Å². The predicted octanol–water partition coefficient (Wildman–Crippen LogP) is 7.28. The lowest BCUT2D eigenvalue weighted by molar-refractivity contribution is -0.659. The van der Waals surface area contributed by atoms with Gasteiger partial charge in [-0.25, -0.2) is 4.57 Å². The Morgan fingerprint density at radius 1 is 0.581 bits per heavy atom. The van der Waals surface area contributed by atoms with Gasteiger partial charge in [0.15, 0.2) is 6.20 Å². The molecule has 1 heterocycles. The molecule has 31 heavy (non-hydrogen) atoms. The van der Waals surface area contributed by atoms with Gasteiger partial charge in [-0.15, -0.1) is 0 Å². The molecule has 0 spiro atoms. The van der Waals surface area contributed by atoms with E-state index in [9.17, 15) is 0 Å². The van der Waals surface area contributed by atoms with Crippen LogP contribution in [-0.4, -0.2) is 0 Å². The average molecular weight is 401 g/mol. The van der Waals surface area contributed by atoms with E-state index in [4.69, 9.17) is 0 Å². The van der Waals surface area contributed by atoms with Gasteiger partial charge in [-0.3, -0.25) is 0 Å². The highest BCUT2D eigenvalue weighted by Crippen LogP contribution is 2.35. The Labute approximate surface area is 184 Å². The van der Waals surface area contributed by atoms with Crippen LogP contribution < -0.4 is 4.57 Å². The second-order valence-corrected chi connectivity index (χ2v) is 8.28. The number of rotatable bonds is 3. The summed E-state index contributed by atoms with van der Waals surface area (Å²) in [6.45, 7) is 4.44. The molecular weight excluding hydrogens is 374 g/mol. The van der Waals surface area contributed by atoms with Crippen molar-refractivity contribution in [3.63, 3.8) is 0 Å². The first-order chi connectivity index (χ1) is 15.1. The van der Waals surface area contributed by atoms with Crippen LogP contribution in [0.2, 0.25) is 0 Å². The summed E-state index contributed by atoms with van der Waals surface area (Å²) in [6, 6.07) is 34.9. The highest BCUT2D eigenvalue weighted by atomic mass is 14.9. The fourth-order valence-corrected chi connectivity index (χ4v) is 4.42. The maximum absolute atomic E-state index is 2.34. The maximum atomic E-state index is 2.34. The van der Waals surface area contributed by atoms with Crippen LogP contribution in [0.4, 0.5) is 0 Å². The van der Waals surface area contributed by atoms with Gasteiger partial charge >= 0.3 is 0 Å². The summed E-state index contributed by atoms with van der Waals surface area (Å²) in [5, 5.41) is 2.54. The Hall–Kier alpha value is -3.71. The lowest BCUT2D eigenvalue weighted by atomic mass is 9.91. The van der Waals surface area contributed by atoms with E-state index < -0.39 is 0 Å². The zero-order chi connectivity index (χ0) is 21.4. The molecule has 0 atom stereocenters. The minimum absolute atomic E-state index is 1.25. The van der Waals surface area contributed by atoms with Crippen LogP contribution in [0, 0.1) is 13.8 Å². The first kappa shape index (κ1) is 19.3. The van der Waals surface area contributed by atoms with Crippen molar-refractivity contribution in [1.29, 1.82) is 0 Å². The summed E-state index contributed by atoms with van der Waals surface area (Å²) in [7, 11) is 2.14. The molecule has 0 unspecified atom stereocenters. The molecule has 0 N–H and O–H groups in total. The van der Waals surface area contributed by atoms with Crippen LogP contribution in [0.1, 0.15) is 11.1 Å². The van der Waals surface area contributed by atoms with Crippen molar-refractivity contribution in [3.05, 3.63) is 114 Å². The SMILES string of the molecule is Cc1cc(-c2ccccc2)cc(-c2c3ccc(-c4ccccc4)cc3cc[n+]2C)c1C. The number of aromatic nitrogens is 1. The Morgan fingerprint density at radius 2 is 1.23 bits per heavy atom. The van der Waals surface area contributed by atoms with E-state index in [-0.39, 0.29) is 0 Å². The molecule has 0 radical (unpaired) electrons. The number of pyridine rings is 1. The highest BCUT2D eigenvalue weighted by Gasteiger charge is 2.19. The van der Waals surface area contributed by atoms with Gasteiger partial charge < -0.3 is 0 Å². The number of fused-ring (bicyclic) bond motifs is 1. The van der Waals surface area contributed by atoms with Crippen molar-refractivity contribution >= 4 is 10.8 Å². The van der Waals surface area contributed by atoms with Gasteiger partial charge in [0.05, 0.1) is 10.9 Å². The highest BCUT2D eigenvalue weighted by molar-refractivity contribution is 5.96. The van der Waals surface area contributed by atoms with Crippen LogP contribution in [0.25, 0.3) is 44.3 Å². The molecule has 1 nitrogen and oxygen atoms in total. The maximum Gasteiger partial charge on any atom is 0.220 e. The quantitative estimate of drug-likeness (QED) is 0.280. The van der Waals surface area contributed by atoms with Crippen molar-refractivity contribution in [2.45, 2.75) is 13.8 Å². The molecule has 5 rings (SSSR count). The van der Waals surface area contributed by atoms with Gasteiger partial charge in [0, 0.05) is 6.07 Å². The van der Waals surface area contributed by atoms with Gasteiger partial charge in [0.2, 0.25) is 5.69 Å². The average Bonchev–Trinajstić information content (AvgIpc) is 2.82. The van der Waals surface area contributed by atoms with E-state index in [2.05, 4.69) is 129 Å². The second-order valence-electron chi connectivity index (χ2n) is 8.28. The zero-order valence-corrected chi connectivity index (χ0v) is 18.3. The van der Waals surface area contributed by atoms with E-state index in [1.165, 1.54) is 55.4 Å². The molecule has 1 aromatic heterocycles. The summed E-state index contributed by atoms with van der Waals surface area (Å²) in [5.41, 5.74) is 10.2. The minimum atomic E-state index is 1.25. The molecule has 0 aliphatic heterocycles. The fourth-order valence-electron chi connectivity index (χ4n) is 4.42. The van der Waals surface area contributed by atoms with Gasteiger partial charge in [-0.2, -0.15) is 0 Å². The van der Waals surface area contributed by atoms with Crippen LogP contribution >= 0.6 is 0 Å². The third-order valence-corrected chi connectivity index (χ3v) is 6.27. The first-order valence-corrected chi connectivity index (χ1v) is 10.8. The zero-order valence-electron chi connectivity index (χ0n) is 18.3. The van der Waals surface area contributed by atoms with Gasteiger partial charge in [-0.1, -0.05) is 72.8 Å². The molecule has 150 valence electrons. The normalized spacial score (nSPS) is 11.1. The summed E-state index contributed by atoms with van der Waals surface area (Å²) in [4.78, 5) is 0. The topological polar surface area (TPSA) is 3.88 Å². The molecule has 0 bridgehead atoms. The molecular formula is C30H26N+. The Morgan fingerprint density at radius 3 is 1.90 bits per heavy atom. The Balaban J connectivity index is 1.73. The molecule has 0 saturated carbocycles. The third kappa shape index (κ3) is 3.53. The van der Waals surface area contributed by atoms with Crippen LogP contribution in [0.3, 0.4) is 0 Å². The predicted molar refractivity (Wildman–Crippen MR) is 131 cm³/mol. The van der Waals surface area contributed by atoms with Crippen molar-refractivity contribution in [3.8, 4) is 33.5 Å². The van der Waals surface area contributed by atoms with E-state index in [1.807, 2.05) is 0 Å². The molecule has 0 fully saturated rings. The summed E-state index contributed by atoms with van der Waals surface area (Å²) < 4.78 is 2.25. The number of nitrogens with zero attached hydrogens (tertiary/aromatic N) is 1. The summed E-state index contributed by atoms with van der Waals surface area (Å²) >= 11 is 0. The molecule has 0 aliphatic carbocycles. The van der Waals surface area contributed by atoms with Crippen molar-refractivity contribution in [2.75, 3.05) is 0 Å². The van der Waals surface area contributed by atoms with E-state index in [0.29, 0.717) is 0 Å². The van der Waals surface area contributed by atoms with Crippen LogP contribution in [0.5, 0.6) is 0 Å². The lowest BCUT2D eigenvalue weighted by Crippen LogP contribution is -2.30. The molecule has 4 aromatic carbocycles. The van der Waals surface area contributed by atoms with Gasteiger partial charge in [0.25, 0.3) is 0 Å². The monoisotopic (exact) mass is 400 g/mol. The number of hydrogen-bond acceptors (Lipinski definition) is 0. The summed E-state index contributed by atoms with van der Waals surface area (Å²) in [6.07, 6.45) is 2.18. The van der Waals surface area contributed by atoms with E-state index in [1.54, 1.807) is 0 Å². The number of benzene rings is 4. The Bertz CT molecular complexity index is 1380. The van der Waals surface area contributed by atoms with E-state index >= 15 is 0 Å². The minimum Gasteiger partial charge on any atom is -0.200 e. The molecule has 0 saturated heterocycles. The van der Waals surface area contributed by atoms with Crippen LogP contribution in [-0.2, 0) is 7.05 Å². The number of aryl methyl sites for hydroxylation is 2. The second kappa shape index (κ2) is 7.85. The van der Waals surface area contributed by atoms with Crippen molar-refractivity contribution in [2.24, 2.45) is 7.05 Å². The largest absolute Gasteiger partial charge is 0.220 e. The smallest absolute Gasteiger partial charge is 0.200 e. The summed E-state index contributed by atoms with van der Waals surface area (Å²) in [5.74, 6) is 0. The molecule has 1 heteroatoms. The standard InChI is InChI=1S/C30H26N/c1-21-18-27(24-12-8-5-9-13-24)20-29(22(21)2)30-28-15-14-25(23-10-6-4-7-11-23)19-26(28)16-17-31(30)3/h4-20H,1-3H3/q+1. The Kier molecular flexibility index (Phi) is 4.88. The van der Waals surface area contributed by atoms with Gasteiger partial charge in [0.1, 0.15) is 7.05 Å². The molecule has 5 aromatic rings. The van der Waals surface area contributed by atoms with Gasteiger partial charge in [-0.05, 0) is 70.8 Å². The lowest BCUT2D eigenvalue weighted by Gasteiger charge is -2.13. The fraction of sp³-hybridized carbons (Fsp3) is 0.100. The van der Waals surface area contributed by atoms with Crippen LogP contribution in [0.15, 0.2) is 103 Å². The third-order valence-electron chi connectivity index (χ3n) is 6.27. The first-order valence-electron chi connectivity index (χ1n) is 10.8. The molecule has 0 aliphatic rings. The number of hydrogen-bond donors (Lipinski definition) is 0. The molecule has 0 amide bonds.